The van der Waals surface area contributed by atoms with E-state index in [9.17, 15) is 0 Å². The van der Waals surface area contributed by atoms with Gasteiger partial charge in [0.1, 0.15) is 0 Å². The maximum absolute atomic E-state index is 5.62. The summed E-state index contributed by atoms with van der Waals surface area (Å²) in [6.07, 6.45) is 2.58. The van der Waals surface area contributed by atoms with Crippen molar-refractivity contribution >= 4 is 8.07 Å². The minimum absolute atomic E-state index is 0.451. The highest BCUT2D eigenvalue weighted by molar-refractivity contribution is 6.76. The molecule has 1 atom stereocenters. The maximum Gasteiger partial charge on any atom is 0.0746 e. The van der Waals surface area contributed by atoms with Gasteiger partial charge in [0.2, 0.25) is 0 Å². The van der Waals surface area contributed by atoms with Crippen LogP contribution in [0.25, 0.3) is 0 Å². The Hall–Kier alpha value is 0.177. The Morgan fingerprint density at radius 1 is 1.30 bits per heavy atom. The Morgan fingerprint density at radius 2 is 1.80 bits per heavy atom. The molecule has 0 fully saturated rings. The number of hydrogen-bond acceptors (Lipinski definition) is 1. The molecule has 0 aromatic heterocycles. The summed E-state index contributed by atoms with van der Waals surface area (Å²) in [7, 11) is -0.958. The van der Waals surface area contributed by atoms with Crippen LogP contribution in [0.1, 0.15) is 20.3 Å². The molecule has 0 aliphatic heterocycles. The molecule has 0 aliphatic rings. The van der Waals surface area contributed by atoms with Crippen LogP contribution < -0.4 is 0 Å². The third kappa shape index (κ3) is 6.30. The van der Waals surface area contributed by atoms with Crippen molar-refractivity contribution in [2.45, 2.75) is 46.0 Å². The second kappa shape index (κ2) is 4.14. The van der Waals surface area contributed by atoms with Crippen LogP contribution in [-0.2, 0) is 4.74 Å². The topological polar surface area (TPSA) is 9.23 Å². The molecule has 10 heavy (non-hydrogen) atoms. The fourth-order valence-electron chi connectivity index (χ4n) is 0.510. The second-order valence-electron chi connectivity index (χ2n) is 4.09. The van der Waals surface area contributed by atoms with E-state index in [1.54, 1.807) is 0 Å². The molecule has 0 aromatic carbocycles. The van der Waals surface area contributed by atoms with Gasteiger partial charge >= 0.3 is 0 Å². The average Bonchev–Trinajstić information content (AvgIpc) is 1.81. The Morgan fingerprint density at radius 3 is 2.10 bits per heavy atom. The van der Waals surface area contributed by atoms with Crippen LogP contribution in [0.4, 0.5) is 0 Å². The zero-order chi connectivity index (χ0) is 8.20. The lowest BCUT2D eigenvalue weighted by molar-refractivity contribution is 0.0944. The van der Waals surface area contributed by atoms with Crippen LogP contribution in [-0.4, -0.2) is 20.4 Å². The summed E-state index contributed by atoms with van der Waals surface area (Å²) < 4.78 is 5.62. The molecule has 0 aliphatic carbocycles. The van der Waals surface area contributed by atoms with Crippen LogP contribution in [0, 0.1) is 0 Å². The van der Waals surface area contributed by atoms with Crippen LogP contribution in [0.5, 0.6) is 0 Å². The van der Waals surface area contributed by atoms with E-state index in [1.165, 1.54) is 0 Å². The van der Waals surface area contributed by atoms with Crippen LogP contribution >= 0.6 is 0 Å². The highest BCUT2D eigenvalue weighted by Gasteiger charge is 2.14. The van der Waals surface area contributed by atoms with Gasteiger partial charge < -0.3 is 4.74 Å². The summed E-state index contributed by atoms with van der Waals surface area (Å²) in [5.74, 6) is 0. The zero-order valence-corrected chi connectivity index (χ0v) is 8.90. The molecule has 0 amide bonds. The van der Waals surface area contributed by atoms with Crippen molar-refractivity contribution in [3.63, 3.8) is 0 Å². The minimum Gasteiger partial charge on any atom is -0.382 e. The van der Waals surface area contributed by atoms with Gasteiger partial charge in [0, 0.05) is 6.23 Å². The lowest BCUT2D eigenvalue weighted by Crippen LogP contribution is -2.30. The quantitative estimate of drug-likeness (QED) is 0.575. The van der Waals surface area contributed by atoms with E-state index in [0.717, 1.165) is 12.7 Å². The zero-order valence-electron chi connectivity index (χ0n) is 7.90. The monoisotopic (exact) mass is 160 g/mol. The molecule has 0 rings (SSSR count). The Kier molecular flexibility index (Phi) is 4.21. The third-order valence-corrected chi connectivity index (χ3v) is 2.41. The van der Waals surface area contributed by atoms with Crippen molar-refractivity contribution in [2.24, 2.45) is 0 Å². The van der Waals surface area contributed by atoms with Gasteiger partial charge in [-0.25, -0.2) is 0 Å². The van der Waals surface area contributed by atoms with E-state index in [1.807, 2.05) is 0 Å². The summed E-state index contributed by atoms with van der Waals surface area (Å²) in [5, 5.41) is 0. The summed E-state index contributed by atoms with van der Waals surface area (Å²) in [6.45, 7) is 11.3. The molecule has 62 valence electrons. The van der Waals surface area contributed by atoms with Gasteiger partial charge in [-0.05, 0) is 13.3 Å². The van der Waals surface area contributed by atoms with Crippen LogP contribution in [0.2, 0.25) is 19.6 Å². The first-order chi connectivity index (χ1) is 4.45. The normalized spacial score (nSPS) is 15.3. The van der Waals surface area contributed by atoms with Gasteiger partial charge in [-0.15, -0.1) is 0 Å². The highest BCUT2D eigenvalue weighted by atomic mass is 28.3. The standard InChI is InChI=1S/C8H20OSi/c1-6-8(2)9-7-10(3,4)5/h8H,6-7H2,1-5H3. The predicted molar refractivity (Wildman–Crippen MR) is 49.1 cm³/mol. The fourth-order valence-corrected chi connectivity index (χ4v) is 1.29. The molecule has 0 heterocycles. The lowest BCUT2D eigenvalue weighted by atomic mass is 10.3. The van der Waals surface area contributed by atoms with Crippen LogP contribution in [0.15, 0.2) is 0 Å². The van der Waals surface area contributed by atoms with E-state index >= 15 is 0 Å². The molecule has 0 saturated heterocycles. The van der Waals surface area contributed by atoms with Crippen molar-refractivity contribution in [3.8, 4) is 0 Å². The molecule has 0 radical (unpaired) electrons. The largest absolute Gasteiger partial charge is 0.382 e. The Labute approximate surface area is 65.8 Å². The van der Waals surface area contributed by atoms with Crippen molar-refractivity contribution < 1.29 is 4.74 Å². The van der Waals surface area contributed by atoms with Crippen molar-refractivity contribution in [2.75, 3.05) is 6.23 Å². The van der Waals surface area contributed by atoms with Gasteiger partial charge in [0.15, 0.2) is 0 Å². The van der Waals surface area contributed by atoms with E-state index in [0.29, 0.717) is 6.10 Å². The van der Waals surface area contributed by atoms with Gasteiger partial charge in [-0.3, -0.25) is 0 Å². The molecule has 2 heteroatoms. The summed E-state index contributed by atoms with van der Waals surface area (Å²) in [5.41, 5.74) is 0. The molecular formula is C8H20OSi. The molecule has 0 bridgehead atoms. The number of hydrogen-bond donors (Lipinski definition) is 0. The summed E-state index contributed by atoms with van der Waals surface area (Å²) in [6, 6.07) is 0. The molecule has 0 spiro atoms. The SMILES string of the molecule is CCC(C)OC[Si](C)(C)C. The first kappa shape index (κ1) is 10.2. The summed E-state index contributed by atoms with van der Waals surface area (Å²) >= 11 is 0. The van der Waals surface area contributed by atoms with Gasteiger partial charge in [0.05, 0.1) is 14.2 Å². The maximum atomic E-state index is 5.62. The lowest BCUT2D eigenvalue weighted by Gasteiger charge is -2.19. The predicted octanol–water partition coefficient (Wildman–Crippen LogP) is 2.68. The average molecular weight is 160 g/mol. The molecule has 0 aromatic rings. The first-order valence-corrected chi connectivity index (χ1v) is 7.78. The number of rotatable bonds is 4. The molecule has 1 unspecified atom stereocenters. The van der Waals surface area contributed by atoms with Crippen molar-refractivity contribution in [1.82, 2.24) is 0 Å². The Bertz CT molecular complexity index is 85.7. The third-order valence-electron chi connectivity index (χ3n) is 1.38. The molecule has 1 nitrogen and oxygen atoms in total. The van der Waals surface area contributed by atoms with Gasteiger partial charge in [-0.2, -0.15) is 0 Å². The molecule has 0 N–H and O–H groups in total. The smallest absolute Gasteiger partial charge is 0.0746 e. The molecule has 0 saturated carbocycles. The van der Waals surface area contributed by atoms with E-state index in [-0.39, 0.29) is 0 Å². The van der Waals surface area contributed by atoms with Crippen molar-refractivity contribution in [1.29, 1.82) is 0 Å². The van der Waals surface area contributed by atoms with Crippen LogP contribution in [0.3, 0.4) is 0 Å². The van der Waals surface area contributed by atoms with Crippen molar-refractivity contribution in [3.05, 3.63) is 0 Å². The van der Waals surface area contributed by atoms with Gasteiger partial charge in [-0.1, -0.05) is 26.6 Å². The fraction of sp³-hybridized carbons (Fsp3) is 1.00. The van der Waals surface area contributed by atoms with E-state index in [4.69, 9.17) is 4.74 Å². The first-order valence-electron chi connectivity index (χ1n) is 4.07. The Balaban J connectivity index is 3.36. The summed E-state index contributed by atoms with van der Waals surface area (Å²) in [4.78, 5) is 0. The van der Waals surface area contributed by atoms with E-state index in [2.05, 4.69) is 33.5 Å². The number of ether oxygens (including phenoxy) is 1. The van der Waals surface area contributed by atoms with Gasteiger partial charge in [0.25, 0.3) is 0 Å². The highest BCUT2D eigenvalue weighted by Crippen LogP contribution is 2.04. The van der Waals surface area contributed by atoms with E-state index < -0.39 is 8.07 Å². The minimum atomic E-state index is -0.958. The second-order valence-corrected chi connectivity index (χ2v) is 9.50. The molecular weight excluding hydrogens is 140 g/mol.